The fraction of sp³-hybridized carbons (Fsp3) is 1.00. The second-order valence-electron chi connectivity index (χ2n) is 6.27. The van der Waals surface area contributed by atoms with Crippen LogP contribution in [0.15, 0.2) is 0 Å². The maximum atomic E-state index is 10.3. The van der Waals surface area contributed by atoms with E-state index in [-0.39, 0.29) is 6.35 Å². The van der Waals surface area contributed by atoms with E-state index in [0.29, 0.717) is 0 Å². The van der Waals surface area contributed by atoms with Gasteiger partial charge in [0.15, 0.2) is 6.35 Å². The summed E-state index contributed by atoms with van der Waals surface area (Å²) in [6.07, 6.45) is 17.0. The molecule has 0 amide bonds. The Morgan fingerprint density at radius 3 is 1.64 bits per heavy atom. The Hall–Kier alpha value is 0.300. The molecule has 0 aromatic carbocycles. The normalized spacial score (nSPS) is 13.4. The van der Waals surface area contributed by atoms with Gasteiger partial charge in [-0.2, -0.15) is 0 Å². The summed E-state index contributed by atoms with van der Waals surface area (Å²) < 4.78 is 35.4. The summed E-state index contributed by atoms with van der Waals surface area (Å²) in [6.45, 7) is 4.27. The van der Waals surface area contributed by atoms with Gasteiger partial charge in [0.2, 0.25) is 10.4 Å². The van der Waals surface area contributed by atoms with E-state index >= 15 is 0 Å². The largest absolute Gasteiger partial charge is 0.725 e. The van der Waals surface area contributed by atoms with E-state index in [0.717, 1.165) is 12.6 Å². The summed E-state index contributed by atoms with van der Waals surface area (Å²) in [5.41, 5.74) is 0. The Labute approximate surface area is 139 Å². The van der Waals surface area contributed by atoms with Crippen LogP contribution >= 0.6 is 7.92 Å². The molecule has 22 heavy (non-hydrogen) atoms. The van der Waals surface area contributed by atoms with Crippen LogP contribution in [0.5, 0.6) is 0 Å². The van der Waals surface area contributed by atoms with Crippen LogP contribution < -0.4 is 0 Å². The topological polar surface area (TPSA) is 66.4 Å². The van der Waals surface area contributed by atoms with Gasteiger partial charge in [0, 0.05) is 14.6 Å². The standard InChI is InChI=1S/C16H35O4PS/c1-3-4-5-6-7-8-9-10-11-12-13-14-15-21(2)16-20-22(17,18)19/h3-16H2,1-2H3,(H,17,18,19). The molecule has 0 rings (SSSR count). The summed E-state index contributed by atoms with van der Waals surface area (Å²) in [7, 11) is -5.34. The van der Waals surface area contributed by atoms with Gasteiger partial charge in [-0.15, -0.1) is 0 Å². The Morgan fingerprint density at radius 2 is 1.23 bits per heavy atom. The molecule has 0 aliphatic rings. The van der Waals surface area contributed by atoms with Crippen LogP contribution in [-0.4, -0.2) is 32.1 Å². The minimum Gasteiger partial charge on any atom is -0.725 e. The summed E-state index contributed by atoms with van der Waals surface area (Å²) in [6, 6.07) is 0. The van der Waals surface area contributed by atoms with Crippen LogP contribution in [0.25, 0.3) is 0 Å². The first-order valence-corrected chi connectivity index (χ1v) is 12.6. The van der Waals surface area contributed by atoms with Crippen molar-refractivity contribution in [2.45, 2.75) is 84.0 Å². The van der Waals surface area contributed by atoms with Crippen LogP contribution in [0.3, 0.4) is 0 Å². The van der Waals surface area contributed by atoms with Gasteiger partial charge in [-0.3, -0.25) is 0 Å². The molecule has 0 saturated carbocycles. The maximum absolute atomic E-state index is 10.3. The number of hydrogen-bond acceptors (Lipinski definition) is 4. The monoisotopic (exact) mass is 354 g/mol. The molecule has 6 heteroatoms. The van der Waals surface area contributed by atoms with Crippen molar-refractivity contribution in [1.82, 2.24) is 0 Å². The summed E-state index contributed by atoms with van der Waals surface area (Å²) in [5, 5.41) is 0. The molecule has 0 spiro atoms. The molecule has 0 N–H and O–H groups in total. The van der Waals surface area contributed by atoms with Gasteiger partial charge >= 0.3 is 0 Å². The zero-order valence-electron chi connectivity index (χ0n) is 14.4. The lowest BCUT2D eigenvalue weighted by atomic mass is 10.1. The minimum atomic E-state index is -4.50. The lowest BCUT2D eigenvalue weighted by molar-refractivity contribution is 0.301. The minimum absolute atomic E-state index is 0.120. The fourth-order valence-corrected chi connectivity index (χ4v) is 4.89. The van der Waals surface area contributed by atoms with Gasteiger partial charge in [-0.05, 0) is 12.8 Å². The third-order valence-corrected chi connectivity index (χ3v) is 6.37. The average molecular weight is 354 g/mol. The summed E-state index contributed by atoms with van der Waals surface area (Å²) >= 11 is 0. The van der Waals surface area contributed by atoms with Gasteiger partial charge in [-0.1, -0.05) is 71.1 Å². The van der Waals surface area contributed by atoms with Crippen molar-refractivity contribution in [3.63, 3.8) is 0 Å². The van der Waals surface area contributed by atoms with Crippen LogP contribution in [-0.2, 0) is 14.6 Å². The van der Waals surface area contributed by atoms with E-state index in [2.05, 4.69) is 11.1 Å². The lowest BCUT2D eigenvalue weighted by Crippen LogP contribution is -2.05. The van der Waals surface area contributed by atoms with E-state index in [1.807, 2.05) is 6.66 Å². The highest BCUT2D eigenvalue weighted by Gasteiger charge is 2.10. The highest BCUT2D eigenvalue weighted by molar-refractivity contribution is 7.81. The molecule has 0 aliphatic heterocycles. The molecule has 0 fully saturated rings. The number of unbranched alkanes of at least 4 members (excludes halogenated alkanes) is 11. The van der Waals surface area contributed by atoms with E-state index < -0.39 is 18.3 Å². The zero-order valence-corrected chi connectivity index (χ0v) is 16.3. The Morgan fingerprint density at radius 1 is 0.818 bits per heavy atom. The van der Waals surface area contributed by atoms with Gasteiger partial charge in [0.05, 0.1) is 6.16 Å². The van der Waals surface area contributed by atoms with E-state index in [1.165, 1.54) is 70.6 Å². The van der Waals surface area contributed by atoms with Crippen LogP contribution in [0.1, 0.15) is 84.0 Å². The molecule has 0 heterocycles. The van der Waals surface area contributed by atoms with Crippen molar-refractivity contribution in [3.05, 3.63) is 0 Å². The van der Waals surface area contributed by atoms with Crippen molar-refractivity contribution >= 4 is 18.3 Å². The van der Waals surface area contributed by atoms with Crippen molar-refractivity contribution in [2.24, 2.45) is 0 Å². The van der Waals surface area contributed by atoms with Crippen LogP contribution in [0.2, 0.25) is 0 Å². The van der Waals surface area contributed by atoms with Crippen LogP contribution in [0.4, 0.5) is 0 Å². The molecular formula is C16H35O4PS. The Balaban J connectivity index is 3.20. The molecule has 0 saturated heterocycles. The molecule has 0 aliphatic carbocycles. The smallest absolute Gasteiger partial charge is 0.220 e. The third kappa shape index (κ3) is 18.3. The predicted octanol–water partition coefficient (Wildman–Crippen LogP) is 4.97. The molecule has 1 unspecified atom stereocenters. The van der Waals surface area contributed by atoms with Crippen LogP contribution in [0, 0.1) is 0 Å². The molecular weight excluding hydrogens is 319 g/mol. The van der Waals surface area contributed by atoms with Crippen molar-refractivity contribution in [3.8, 4) is 0 Å². The third-order valence-electron chi connectivity index (χ3n) is 3.91. The summed E-state index contributed by atoms with van der Waals surface area (Å²) in [5.74, 6) is 0. The second kappa shape index (κ2) is 14.9. The van der Waals surface area contributed by atoms with Gasteiger partial charge < -0.3 is 4.55 Å². The predicted molar refractivity (Wildman–Crippen MR) is 95.8 cm³/mol. The van der Waals surface area contributed by atoms with Crippen molar-refractivity contribution in [1.29, 1.82) is 0 Å². The van der Waals surface area contributed by atoms with E-state index in [1.54, 1.807) is 0 Å². The van der Waals surface area contributed by atoms with Gasteiger partial charge in [0.25, 0.3) is 0 Å². The molecule has 134 valence electrons. The Bertz CT molecular complexity index is 333. The molecule has 0 aromatic rings. The molecule has 4 nitrogen and oxygen atoms in total. The Kier molecular flexibility index (Phi) is 15.1. The molecule has 0 radical (unpaired) electrons. The van der Waals surface area contributed by atoms with Crippen molar-refractivity contribution in [2.75, 3.05) is 19.2 Å². The molecule has 0 bridgehead atoms. The van der Waals surface area contributed by atoms with Gasteiger partial charge in [0.1, 0.15) is 0 Å². The second-order valence-corrected chi connectivity index (χ2v) is 10.0. The first-order valence-electron chi connectivity index (χ1n) is 8.87. The maximum Gasteiger partial charge on any atom is 0.220 e. The van der Waals surface area contributed by atoms with Crippen molar-refractivity contribution < 1.29 is 17.2 Å². The quantitative estimate of drug-likeness (QED) is 0.170. The highest BCUT2D eigenvalue weighted by atomic mass is 32.3. The fourth-order valence-electron chi connectivity index (χ4n) is 2.51. The average Bonchev–Trinajstić information content (AvgIpc) is 2.45. The summed E-state index contributed by atoms with van der Waals surface area (Å²) in [4.78, 5) is 0. The number of hydrogen-bond donors (Lipinski definition) is 0. The van der Waals surface area contributed by atoms with E-state index in [9.17, 15) is 13.0 Å². The van der Waals surface area contributed by atoms with E-state index in [4.69, 9.17) is 0 Å². The lowest BCUT2D eigenvalue weighted by Gasteiger charge is -2.08. The SMILES string of the molecule is CCCCCCCCCCCCCC[PH+](C)COS(=O)(=O)[O-]. The molecule has 1 atom stereocenters. The number of rotatable bonds is 16. The molecule has 0 aromatic heterocycles. The zero-order chi connectivity index (χ0) is 16.7. The highest BCUT2D eigenvalue weighted by Crippen LogP contribution is 2.32. The first kappa shape index (κ1) is 22.3. The van der Waals surface area contributed by atoms with Gasteiger partial charge in [-0.25, -0.2) is 12.6 Å². The first-order chi connectivity index (χ1) is 10.5.